The Balaban J connectivity index is 2.05. The van der Waals surface area contributed by atoms with Crippen LogP contribution in [0.4, 0.5) is 11.4 Å². The van der Waals surface area contributed by atoms with E-state index in [-0.39, 0.29) is 16.3 Å². The van der Waals surface area contributed by atoms with Crippen molar-refractivity contribution in [3.05, 3.63) is 80.4 Å². The number of nitro benzene ring substituents is 2. The van der Waals surface area contributed by atoms with Gasteiger partial charge in [-0.2, -0.15) is 13.5 Å². The van der Waals surface area contributed by atoms with Crippen LogP contribution in [-0.4, -0.2) is 24.5 Å². The fourth-order valence-corrected chi connectivity index (χ4v) is 2.68. The van der Waals surface area contributed by atoms with E-state index in [9.17, 15) is 28.6 Å². The van der Waals surface area contributed by atoms with Crippen LogP contribution < -0.4 is 4.83 Å². The zero-order chi connectivity index (χ0) is 19.2. The molecule has 0 fully saturated rings. The van der Waals surface area contributed by atoms with Gasteiger partial charge in [-0.25, -0.2) is 4.83 Å². The van der Waals surface area contributed by atoms with E-state index in [1.165, 1.54) is 30.4 Å². The smallest absolute Gasteiger partial charge is 0.258 e. The van der Waals surface area contributed by atoms with E-state index in [0.717, 1.165) is 30.5 Å². The van der Waals surface area contributed by atoms with Crippen LogP contribution in [0.25, 0.3) is 6.08 Å². The quantitative estimate of drug-likeness (QED) is 0.446. The predicted molar refractivity (Wildman–Crippen MR) is 94.0 cm³/mol. The molecule has 0 atom stereocenters. The minimum absolute atomic E-state index is 0.0939. The lowest BCUT2D eigenvalue weighted by Crippen LogP contribution is -2.18. The van der Waals surface area contributed by atoms with Crippen LogP contribution in [-0.2, 0) is 10.0 Å². The van der Waals surface area contributed by atoms with Crippen LogP contribution in [0.2, 0.25) is 0 Å². The van der Waals surface area contributed by atoms with Crippen LogP contribution in [0.15, 0.2) is 64.6 Å². The molecule has 0 aliphatic rings. The van der Waals surface area contributed by atoms with Gasteiger partial charge < -0.3 is 0 Å². The Hall–Kier alpha value is -3.60. The summed E-state index contributed by atoms with van der Waals surface area (Å²) in [5.41, 5.74) is 0.00521. The van der Waals surface area contributed by atoms with E-state index in [1.54, 1.807) is 6.07 Å². The number of nitrogens with one attached hydrogen (secondary N) is 1. The third-order valence-electron chi connectivity index (χ3n) is 3.10. The molecule has 11 heteroatoms. The minimum Gasteiger partial charge on any atom is -0.258 e. The molecule has 0 radical (unpaired) electrons. The molecule has 2 aromatic carbocycles. The summed E-state index contributed by atoms with van der Waals surface area (Å²) in [7, 11) is -3.98. The zero-order valence-electron chi connectivity index (χ0n) is 13.1. The van der Waals surface area contributed by atoms with Gasteiger partial charge in [-0.15, -0.1) is 0 Å². The van der Waals surface area contributed by atoms with Crippen LogP contribution in [0, 0.1) is 20.2 Å². The van der Waals surface area contributed by atoms with Gasteiger partial charge in [0, 0.05) is 24.4 Å². The molecule has 26 heavy (non-hydrogen) atoms. The Morgan fingerprint density at radius 2 is 1.62 bits per heavy atom. The maximum absolute atomic E-state index is 12.0. The van der Waals surface area contributed by atoms with Crippen molar-refractivity contribution in [1.29, 1.82) is 0 Å². The highest BCUT2D eigenvalue weighted by atomic mass is 32.2. The fourth-order valence-electron chi connectivity index (χ4n) is 1.88. The second-order valence-corrected chi connectivity index (χ2v) is 6.46. The van der Waals surface area contributed by atoms with Gasteiger partial charge in [-0.05, 0) is 30.4 Å². The summed E-state index contributed by atoms with van der Waals surface area (Å²) < 4.78 is 24.0. The number of sulfonamides is 1. The molecule has 0 spiro atoms. The molecule has 0 aromatic heterocycles. The van der Waals surface area contributed by atoms with Crippen molar-refractivity contribution in [3.8, 4) is 0 Å². The molecule has 0 aliphatic heterocycles. The monoisotopic (exact) mass is 376 g/mol. The Bertz CT molecular complexity index is 983. The van der Waals surface area contributed by atoms with Crippen LogP contribution >= 0.6 is 0 Å². The molecular weight excluding hydrogens is 364 g/mol. The lowest BCUT2D eigenvalue weighted by atomic mass is 10.2. The van der Waals surface area contributed by atoms with Crippen LogP contribution in [0.3, 0.4) is 0 Å². The normalized spacial score (nSPS) is 11.7. The largest absolute Gasteiger partial charge is 0.276 e. The second-order valence-electron chi connectivity index (χ2n) is 4.80. The molecule has 0 unspecified atom stereocenters. The number of nitro groups is 2. The van der Waals surface area contributed by atoms with Crippen LogP contribution in [0.1, 0.15) is 5.56 Å². The van der Waals surface area contributed by atoms with E-state index in [0.29, 0.717) is 5.56 Å². The van der Waals surface area contributed by atoms with Crippen molar-refractivity contribution < 1.29 is 18.3 Å². The molecule has 1 N–H and O–H groups in total. The molecule has 2 rings (SSSR count). The molecule has 0 saturated carbocycles. The predicted octanol–water partition coefficient (Wildman–Crippen LogP) is 2.48. The molecule has 0 saturated heterocycles. The lowest BCUT2D eigenvalue weighted by Gasteiger charge is -2.02. The van der Waals surface area contributed by atoms with Gasteiger partial charge in [0.2, 0.25) is 0 Å². The van der Waals surface area contributed by atoms with Gasteiger partial charge in [-0.1, -0.05) is 12.1 Å². The summed E-state index contributed by atoms with van der Waals surface area (Å²) in [6.45, 7) is 0. The van der Waals surface area contributed by atoms with Crippen molar-refractivity contribution in [2.45, 2.75) is 4.90 Å². The van der Waals surface area contributed by atoms with E-state index >= 15 is 0 Å². The highest BCUT2D eigenvalue weighted by Gasteiger charge is 2.14. The molecule has 134 valence electrons. The van der Waals surface area contributed by atoms with Crippen molar-refractivity contribution in [2.24, 2.45) is 5.10 Å². The Kier molecular flexibility index (Phi) is 5.75. The summed E-state index contributed by atoms with van der Waals surface area (Å²) in [5.74, 6) is 0. The van der Waals surface area contributed by atoms with Crippen molar-refractivity contribution in [2.75, 3.05) is 0 Å². The molecule has 0 bridgehead atoms. The SMILES string of the molecule is O=[N+]([O-])c1ccc(S(=O)(=O)N/N=C/C=C\c2ccccc2[N+](=O)[O-])cc1. The Morgan fingerprint density at radius 1 is 0.962 bits per heavy atom. The number of nitrogens with zero attached hydrogens (tertiary/aromatic N) is 3. The number of rotatable bonds is 7. The van der Waals surface area contributed by atoms with Gasteiger partial charge in [-0.3, -0.25) is 20.2 Å². The summed E-state index contributed by atoms with van der Waals surface area (Å²) in [6, 6.07) is 10.3. The third-order valence-corrected chi connectivity index (χ3v) is 4.34. The number of hydrazone groups is 1. The maximum atomic E-state index is 12.0. The van der Waals surface area contributed by atoms with Gasteiger partial charge in [0.05, 0.1) is 20.3 Å². The van der Waals surface area contributed by atoms with Crippen molar-refractivity contribution in [1.82, 2.24) is 4.83 Å². The average Bonchev–Trinajstić information content (AvgIpc) is 2.61. The number of allylic oxidation sites excluding steroid dienone is 1. The highest BCUT2D eigenvalue weighted by molar-refractivity contribution is 7.89. The summed E-state index contributed by atoms with van der Waals surface area (Å²) in [5, 5.41) is 24.9. The molecule has 0 aliphatic carbocycles. The molecule has 10 nitrogen and oxygen atoms in total. The third kappa shape index (κ3) is 4.70. The Labute approximate surface area is 147 Å². The van der Waals surface area contributed by atoms with Crippen molar-refractivity contribution >= 4 is 33.7 Å². The van der Waals surface area contributed by atoms with Crippen molar-refractivity contribution in [3.63, 3.8) is 0 Å². The first-order chi connectivity index (χ1) is 12.3. The number of para-hydroxylation sites is 1. The Morgan fingerprint density at radius 3 is 2.23 bits per heavy atom. The average molecular weight is 376 g/mol. The number of hydrogen-bond acceptors (Lipinski definition) is 7. The molecule has 0 amide bonds. The number of non-ortho nitro benzene ring substituents is 1. The minimum atomic E-state index is -3.98. The second kappa shape index (κ2) is 7.98. The standard InChI is InChI=1S/C15H12N4O6S/c20-18(21)13-7-9-14(10-8-13)26(24,25)17-16-11-3-5-12-4-1-2-6-15(12)19(22)23/h1-11,17H/b5-3-,16-11+. The number of hydrogen-bond donors (Lipinski definition) is 1. The van der Waals surface area contributed by atoms with E-state index in [4.69, 9.17) is 0 Å². The fraction of sp³-hybridized carbons (Fsp3) is 0. The molecule has 0 heterocycles. The number of benzene rings is 2. The lowest BCUT2D eigenvalue weighted by molar-refractivity contribution is -0.385. The highest BCUT2D eigenvalue weighted by Crippen LogP contribution is 2.18. The zero-order valence-corrected chi connectivity index (χ0v) is 13.9. The molecular formula is C15H12N4O6S. The first-order valence-corrected chi connectivity index (χ1v) is 8.49. The summed E-state index contributed by atoms with van der Waals surface area (Å²) in [4.78, 5) is 22.0. The summed E-state index contributed by atoms with van der Waals surface area (Å²) >= 11 is 0. The van der Waals surface area contributed by atoms with E-state index in [1.807, 2.05) is 4.83 Å². The maximum Gasteiger partial charge on any atom is 0.276 e. The van der Waals surface area contributed by atoms with Gasteiger partial charge >= 0.3 is 0 Å². The van der Waals surface area contributed by atoms with E-state index in [2.05, 4.69) is 5.10 Å². The first kappa shape index (κ1) is 18.7. The van der Waals surface area contributed by atoms with Gasteiger partial charge in [0.25, 0.3) is 21.4 Å². The summed E-state index contributed by atoms with van der Waals surface area (Å²) in [6.07, 6.45) is 3.85. The van der Waals surface area contributed by atoms with E-state index < -0.39 is 19.9 Å². The first-order valence-electron chi connectivity index (χ1n) is 7.00. The van der Waals surface area contributed by atoms with Gasteiger partial charge in [0.15, 0.2) is 0 Å². The van der Waals surface area contributed by atoms with Gasteiger partial charge in [0.1, 0.15) is 0 Å². The van der Waals surface area contributed by atoms with Crippen LogP contribution in [0.5, 0.6) is 0 Å². The molecule has 2 aromatic rings. The topological polar surface area (TPSA) is 145 Å².